The number of aromatic nitrogens is 6. The first-order valence-electron chi connectivity index (χ1n) is 10.4. The van der Waals surface area contributed by atoms with Crippen molar-refractivity contribution >= 4 is 11.4 Å². The number of halogens is 2. The van der Waals surface area contributed by atoms with Gasteiger partial charge in [0.1, 0.15) is 29.0 Å². The molecule has 0 saturated heterocycles. The van der Waals surface area contributed by atoms with Crippen LogP contribution in [0.2, 0.25) is 0 Å². The molecule has 17 heteroatoms. The van der Waals surface area contributed by atoms with Crippen molar-refractivity contribution in [1.29, 1.82) is 0 Å². The number of nitro benzene ring substituents is 2. The third kappa shape index (κ3) is 6.80. The second kappa shape index (κ2) is 11.1. The van der Waals surface area contributed by atoms with Gasteiger partial charge >= 0.3 is 24.6 Å². The summed E-state index contributed by atoms with van der Waals surface area (Å²) in [6.45, 7) is -1.69. The third-order valence-corrected chi connectivity index (χ3v) is 4.44. The maximum atomic E-state index is 12.8. The Morgan fingerprint density at radius 2 is 1.16 bits per heavy atom. The molecule has 0 bridgehead atoms. The molecule has 0 amide bonds. The zero-order valence-corrected chi connectivity index (χ0v) is 19.1. The fourth-order valence-corrected chi connectivity index (χ4v) is 2.89. The van der Waals surface area contributed by atoms with Crippen LogP contribution in [0.25, 0.3) is 0 Å². The molecule has 15 nitrogen and oxygen atoms in total. The first-order valence-corrected chi connectivity index (χ1v) is 10.4. The third-order valence-electron chi connectivity index (χ3n) is 4.44. The van der Waals surface area contributed by atoms with Crippen molar-refractivity contribution in [2.24, 2.45) is 0 Å². The van der Waals surface area contributed by atoms with Crippen LogP contribution < -0.4 is 14.2 Å². The van der Waals surface area contributed by atoms with Crippen molar-refractivity contribution in [2.75, 3.05) is 0 Å². The normalized spacial score (nSPS) is 10.7. The van der Waals surface area contributed by atoms with Crippen molar-refractivity contribution in [2.45, 2.75) is 20.0 Å². The lowest BCUT2D eigenvalue weighted by Crippen LogP contribution is -2.11. The minimum Gasteiger partial charge on any atom is -0.424 e. The fraction of sp³-hybridized carbons (Fsp3) is 0.143. The monoisotopic (exact) mass is 528 g/mol. The number of rotatable bonds is 10. The summed E-state index contributed by atoms with van der Waals surface area (Å²) in [6, 6.07) is 8.79. The maximum Gasteiger partial charge on any atom is 0.389 e. The Morgan fingerprint density at radius 1 is 0.711 bits per heavy atom. The van der Waals surface area contributed by atoms with Gasteiger partial charge in [0, 0.05) is 24.3 Å². The lowest BCUT2D eigenvalue weighted by atomic mass is 10.3. The number of nitrogens with zero attached hydrogens (tertiary/aromatic N) is 8. The lowest BCUT2D eigenvalue weighted by Gasteiger charge is -2.09. The van der Waals surface area contributed by atoms with Gasteiger partial charge < -0.3 is 14.2 Å². The van der Waals surface area contributed by atoms with Crippen LogP contribution in [0, 0.1) is 27.2 Å². The second-order valence-corrected chi connectivity index (χ2v) is 7.16. The molecule has 0 aliphatic heterocycles. The van der Waals surface area contributed by atoms with E-state index in [2.05, 4.69) is 34.6 Å². The van der Waals surface area contributed by atoms with Gasteiger partial charge in [-0.15, -0.1) is 4.98 Å². The fourth-order valence-electron chi connectivity index (χ4n) is 2.89. The van der Waals surface area contributed by atoms with Crippen molar-refractivity contribution in [3.8, 4) is 29.5 Å². The summed E-state index contributed by atoms with van der Waals surface area (Å²) in [5, 5.41) is 21.6. The maximum absolute atomic E-state index is 12.8. The minimum absolute atomic E-state index is 0.0879. The van der Waals surface area contributed by atoms with Crippen LogP contribution in [-0.4, -0.2) is 46.4 Å². The Balaban J connectivity index is 1.57. The topological polar surface area (TPSA) is 191 Å². The number of nitro groups is 2. The first kappa shape index (κ1) is 25.6. The first-order chi connectivity index (χ1) is 18.1. The van der Waals surface area contributed by atoms with Crippen molar-refractivity contribution < 1.29 is 32.8 Å². The summed E-state index contributed by atoms with van der Waals surface area (Å²) >= 11 is 0. The van der Waals surface area contributed by atoms with Crippen LogP contribution in [0.3, 0.4) is 0 Å². The van der Waals surface area contributed by atoms with E-state index in [1.54, 1.807) is 6.92 Å². The molecule has 2 heterocycles. The number of aryl methyl sites for hydroxylation is 1. The van der Waals surface area contributed by atoms with E-state index < -0.39 is 28.5 Å². The zero-order chi connectivity index (χ0) is 27.2. The summed E-state index contributed by atoms with van der Waals surface area (Å²) < 4.78 is 40.9. The van der Waals surface area contributed by atoms with Gasteiger partial charge in [0.05, 0.1) is 16.3 Å². The number of hydrogen-bond donors (Lipinski definition) is 0. The quantitative estimate of drug-likeness (QED) is 0.212. The molecule has 0 saturated carbocycles. The number of non-ortho nitro benzene ring substituents is 2. The molecule has 0 atom stereocenters. The van der Waals surface area contributed by atoms with E-state index in [-0.39, 0.29) is 52.8 Å². The van der Waals surface area contributed by atoms with Crippen LogP contribution in [0.15, 0.2) is 48.5 Å². The minimum atomic E-state index is -3.24. The smallest absolute Gasteiger partial charge is 0.389 e. The molecular formula is C21H14F2N8O7. The molecule has 2 aromatic heterocycles. The molecule has 38 heavy (non-hydrogen) atoms. The van der Waals surface area contributed by atoms with Crippen molar-refractivity contribution in [1.82, 2.24) is 29.9 Å². The highest BCUT2D eigenvalue weighted by Gasteiger charge is 2.17. The average Bonchev–Trinajstić information content (AvgIpc) is 2.84. The number of ether oxygens (including phenoxy) is 3. The number of benzene rings is 2. The van der Waals surface area contributed by atoms with Crippen LogP contribution >= 0.6 is 0 Å². The van der Waals surface area contributed by atoms with E-state index in [4.69, 9.17) is 9.47 Å². The van der Waals surface area contributed by atoms with E-state index in [1.807, 2.05) is 0 Å². The molecule has 2 aromatic carbocycles. The van der Waals surface area contributed by atoms with Crippen LogP contribution in [0.5, 0.6) is 29.5 Å². The molecule has 194 valence electrons. The Morgan fingerprint density at radius 3 is 1.63 bits per heavy atom. The van der Waals surface area contributed by atoms with Crippen LogP contribution in [-0.2, 0) is 6.42 Å². The van der Waals surface area contributed by atoms with Crippen molar-refractivity contribution in [3.63, 3.8) is 0 Å². The summed E-state index contributed by atoms with van der Waals surface area (Å²) in [5.74, 6) is 0.529. The highest BCUT2D eigenvalue weighted by molar-refractivity contribution is 5.38. The molecule has 0 N–H and O–H groups in total. The van der Waals surface area contributed by atoms with Gasteiger partial charge in [-0.2, -0.15) is 28.7 Å². The van der Waals surface area contributed by atoms with Crippen LogP contribution in [0.1, 0.15) is 17.5 Å². The molecule has 0 fully saturated rings. The molecule has 0 aliphatic carbocycles. The molecule has 0 unspecified atom stereocenters. The molecule has 0 radical (unpaired) electrons. The van der Waals surface area contributed by atoms with E-state index in [0.717, 1.165) is 0 Å². The Hall–Kier alpha value is -5.48. The van der Waals surface area contributed by atoms with Gasteiger partial charge in [0.15, 0.2) is 0 Å². The SMILES string of the molecule is Cc1nc(Cc2nc(Oc3ccc([N+](=O)[O-])cc3)nc(OC(F)F)n2)nc(Oc2ccc([N+](=O)[O-])cc2)n1. The number of alkyl halides is 2. The molecular weight excluding hydrogens is 514 g/mol. The molecule has 0 aliphatic rings. The standard InChI is InChI=1S/C21H14F2N8O7/c1-11-24-16(26-19(25-11)36-14-6-2-12(3-7-14)30(32)33)10-17-27-20(29-21(28-17)38-18(22)23)37-15-8-4-13(5-9-15)31(34)35/h2-9,18H,10H2,1H3. The summed E-state index contributed by atoms with van der Waals surface area (Å²) in [7, 11) is 0. The predicted molar refractivity (Wildman–Crippen MR) is 120 cm³/mol. The largest absolute Gasteiger partial charge is 0.424 e. The Labute approximate surface area is 210 Å². The highest BCUT2D eigenvalue weighted by atomic mass is 19.3. The second-order valence-electron chi connectivity index (χ2n) is 7.16. The highest BCUT2D eigenvalue weighted by Crippen LogP contribution is 2.24. The van der Waals surface area contributed by atoms with Gasteiger partial charge in [-0.1, -0.05) is 0 Å². The van der Waals surface area contributed by atoms with Gasteiger partial charge in [-0.3, -0.25) is 20.2 Å². The van der Waals surface area contributed by atoms with E-state index in [9.17, 15) is 29.0 Å². The van der Waals surface area contributed by atoms with Gasteiger partial charge in [0.2, 0.25) is 0 Å². The van der Waals surface area contributed by atoms with Gasteiger partial charge in [-0.05, 0) is 31.2 Å². The van der Waals surface area contributed by atoms with E-state index in [1.165, 1.54) is 48.5 Å². The number of hydrogen-bond acceptors (Lipinski definition) is 13. The molecule has 0 spiro atoms. The van der Waals surface area contributed by atoms with Crippen molar-refractivity contribution in [3.05, 3.63) is 86.2 Å². The Bertz CT molecular complexity index is 1470. The van der Waals surface area contributed by atoms with E-state index in [0.29, 0.717) is 0 Å². The predicted octanol–water partition coefficient (Wildman–Crippen LogP) is 3.96. The lowest BCUT2D eigenvalue weighted by molar-refractivity contribution is -0.385. The van der Waals surface area contributed by atoms with Gasteiger partial charge in [-0.25, -0.2) is 4.98 Å². The summed E-state index contributed by atoms with van der Waals surface area (Å²) in [6.07, 6.45) is -0.210. The van der Waals surface area contributed by atoms with Crippen LogP contribution in [0.4, 0.5) is 20.2 Å². The molecule has 4 aromatic rings. The average molecular weight is 528 g/mol. The molecule has 4 rings (SSSR count). The zero-order valence-electron chi connectivity index (χ0n) is 19.1. The van der Waals surface area contributed by atoms with Gasteiger partial charge in [0.25, 0.3) is 11.4 Å². The summed E-state index contributed by atoms with van der Waals surface area (Å²) in [5.41, 5.74) is -0.319. The van der Waals surface area contributed by atoms with E-state index >= 15 is 0 Å². The summed E-state index contributed by atoms with van der Waals surface area (Å²) in [4.78, 5) is 44.4. The Kier molecular flexibility index (Phi) is 7.45.